The second kappa shape index (κ2) is 9.43. The van der Waals surface area contributed by atoms with Gasteiger partial charge in [0.25, 0.3) is 11.8 Å². The van der Waals surface area contributed by atoms with Crippen LogP contribution in [0.1, 0.15) is 23.6 Å². The second-order valence-electron chi connectivity index (χ2n) is 8.12. The molecule has 1 aliphatic rings. The van der Waals surface area contributed by atoms with Gasteiger partial charge >= 0.3 is 0 Å². The number of rotatable bonds is 7. The van der Waals surface area contributed by atoms with Gasteiger partial charge in [0, 0.05) is 30.4 Å². The van der Waals surface area contributed by atoms with Crippen LogP contribution < -0.4 is 19.3 Å². The molecule has 0 aliphatic carbocycles. The van der Waals surface area contributed by atoms with Gasteiger partial charge in [-0.1, -0.05) is 36.4 Å². The number of amides is 2. The molecule has 0 saturated heterocycles. The van der Waals surface area contributed by atoms with Crippen LogP contribution in [0.15, 0.2) is 72.4 Å². The van der Waals surface area contributed by atoms with Crippen LogP contribution in [0.4, 0.5) is 11.4 Å². The third-order valence-corrected chi connectivity index (χ3v) is 6.10. The fraction of sp³-hybridized carbons (Fsp3) is 0.214. The number of aryl methyl sites for hydroxylation is 2. The normalized spacial score (nSPS) is 13.5. The lowest BCUT2D eigenvalue weighted by Gasteiger charge is -2.25. The first kappa shape index (κ1) is 23.1. The van der Waals surface area contributed by atoms with Gasteiger partial charge in [-0.05, 0) is 49.6 Å². The summed E-state index contributed by atoms with van der Waals surface area (Å²) in [5.41, 5.74) is 4.84. The molecule has 0 unspecified atom stereocenters. The summed E-state index contributed by atoms with van der Waals surface area (Å²) in [5, 5.41) is 0. The Hall–Kier alpha value is -4.06. The fourth-order valence-corrected chi connectivity index (χ4v) is 4.16. The van der Waals surface area contributed by atoms with Crippen molar-refractivity contribution in [2.75, 3.05) is 30.6 Å². The number of ether oxygens (including phenoxy) is 2. The van der Waals surface area contributed by atoms with E-state index >= 15 is 0 Å². The van der Waals surface area contributed by atoms with E-state index in [1.165, 1.54) is 19.1 Å². The van der Waals surface area contributed by atoms with Gasteiger partial charge in [-0.3, -0.25) is 9.59 Å². The zero-order chi connectivity index (χ0) is 24.4. The van der Waals surface area contributed by atoms with Crippen LogP contribution in [0.5, 0.6) is 11.5 Å². The third-order valence-electron chi connectivity index (χ3n) is 6.10. The Labute approximate surface area is 200 Å². The van der Waals surface area contributed by atoms with Gasteiger partial charge in [0.2, 0.25) is 0 Å². The summed E-state index contributed by atoms with van der Waals surface area (Å²) >= 11 is 0. The van der Waals surface area contributed by atoms with Crippen molar-refractivity contribution in [3.8, 4) is 11.5 Å². The topological polar surface area (TPSA) is 59.1 Å². The van der Waals surface area contributed by atoms with Crippen molar-refractivity contribution in [3.63, 3.8) is 0 Å². The first-order chi connectivity index (χ1) is 16.4. The van der Waals surface area contributed by atoms with Crippen molar-refractivity contribution in [1.82, 2.24) is 0 Å². The molecular weight excluding hydrogens is 428 g/mol. The summed E-state index contributed by atoms with van der Waals surface area (Å²) in [5.74, 6) is 0.213. The van der Waals surface area contributed by atoms with Gasteiger partial charge in [-0.2, -0.15) is 0 Å². The summed E-state index contributed by atoms with van der Waals surface area (Å²) in [7, 11) is 3.06. The molecule has 34 heavy (non-hydrogen) atoms. The van der Waals surface area contributed by atoms with Crippen LogP contribution >= 0.6 is 0 Å². The lowest BCUT2D eigenvalue weighted by Crippen LogP contribution is -2.35. The van der Waals surface area contributed by atoms with Gasteiger partial charge in [0.1, 0.15) is 17.2 Å². The maximum Gasteiger partial charge on any atom is 0.282 e. The summed E-state index contributed by atoms with van der Waals surface area (Å²) in [6, 6.07) is 20.5. The maximum atomic E-state index is 13.9. The van der Waals surface area contributed by atoms with Crippen molar-refractivity contribution in [2.45, 2.75) is 20.8 Å². The van der Waals surface area contributed by atoms with E-state index in [0.29, 0.717) is 40.6 Å². The number of likely N-dealkylation sites (N-methyl/N-ethyl adjacent to an activating group) is 1. The minimum absolute atomic E-state index is 0.351. The molecule has 1 aliphatic heterocycles. The van der Waals surface area contributed by atoms with E-state index in [1.807, 2.05) is 74.2 Å². The van der Waals surface area contributed by atoms with E-state index in [4.69, 9.17) is 9.47 Å². The van der Waals surface area contributed by atoms with Gasteiger partial charge < -0.3 is 14.4 Å². The van der Waals surface area contributed by atoms with Crippen LogP contribution in [0.3, 0.4) is 0 Å². The Balaban J connectivity index is 1.93. The minimum atomic E-state index is -0.390. The summed E-state index contributed by atoms with van der Waals surface area (Å²) in [6.07, 6.45) is 0. The number of benzene rings is 3. The molecule has 0 aromatic heterocycles. The first-order valence-corrected chi connectivity index (χ1v) is 11.2. The van der Waals surface area contributed by atoms with Crippen molar-refractivity contribution in [3.05, 3.63) is 89.1 Å². The number of carbonyl (C=O) groups excluding carboxylic acids is 2. The van der Waals surface area contributed by atoms with Gasteiger partial charge in [0.15, 0.2) is 0 Å². The van der Waals surface area contributed by atoms with E-state index in [-0.39, 0.29) is 11.8 Å². The number of methoxy groups -OCH3 is 2. The van der Waals surface area contributed by atoms with Gasteiger partial charge in [-0.25, -0.2) is 4.90 Å². The molecule has 0 fully saturated rings. The maximum absolute atomic E-state index is 13.9. The van der Waals surface area contributed by atoms with Gasteiger partial charge in [0.05, 0.1) is 25.5 Å². The molecule has 2 amide bonds. The Bertz CT molecular complexity index is 1260. The van der Waals surface area contributed by atoms with Crippen LogP contribution in [0.25, 0.3) is 5.57 Å². The van der Waals surface area contributed by atoms with E-state index in [2.05, 4.69) is 0 Å². The average molecular weight is 457 g/mol. The highest BCUT2D eigenvalue weighted by molar-refractivity contribution is 6.46. The largest absolute Gasteiger partial charge is 0.497 e. The third kappa shape index (κ3) is 4.03. The molecule has 0 bridgehead atoms. The molecule has 0 radical (unpaired) electrons. The lowest BCUT2D eigenvalue weighted by molar-refractivity contribution is -0.120. The van der Waals surface area contributed by atoms with Crippen LogP contribution in [-0.4, -0.2) is 32.6 Å². The molecule has 0 N–H and O–H groups in total. The van der Waals surface area contributed by atoms with E-state index in [9.17, 15) is 9.59 Å². The molecule has 6 nitrogen and oxygen atoms in total. The highest BCUT2D eigenvalue weighted by Gasteiger charge is 2.43. The summed E-state index contributed by atoms with van der Waals surface area (Å²) in [4.78, 5) is 31.0. The molecule has 174 valence electrons. The first-order valence-electron chi connectivity index (χ1n) is 11.2. The molecule has 3 aromatic rings. The molecule has 6 heteroatoms. The predicted molar refractivity (Wildman–Crippen MR) is 134 cm³/mol. The smallest absolute Gasteiger partial charge is 0.282 e. The molecule has 1 heterocycles. The monoisotopic (exact) mass is 456 g/mol. The van der Waals surface area contributed by atoms with Crippen molar-refractivity contribution in [2.24, 2.45) is 0 Å². The highest BCUT2D eigenvalue weighted by Crippen LogP contribution is 2.39. The molecule has 0 atom stereocenters. The fourth-order valence-electron chi connectivity index (χ4n) is 4.16. The van der Waals surface area contributed by atoms with Crippen molar-refractivity contribution < 1.29 is 19.1 Å². The number of para-hydroxylation sites is 1. The lowest BCUT2D eigenvalue weighted by atomic mass is 9.99. The average Bonchev–Trinajstić information content (AvgIpc) is 3.11. The zero-order valence-corrected chi connectivity index (χ0v) is 20.1. The molecule has 0 saturated carbocycles. The van der Waals surface area contributed by atoms with E-state index < -0.39 is 0 Å². The Morgan fingerprint density at radius 1 is 0.794 bits per heavy atom. The summed E-state index contributed by atoms with van der Waals surface area (Å²) < 4.78 is 10.8. The number of nitrogens with zero attached hydrogens (tertiary/aromatic N) is 2. The number of hydrogen-bond donors (Lipinski definition) is 0. The van der Waals surface area contributed by atoms with Gasteiger partial charge in [-0.15, -0.1) is 0 Å². The molecular formula is C28H28N2O4. The standard InChI is InChI=1S/C28H28N2O4/c1-6-29(21-10-8-7-9-11-21)26-25(20-13-12-18(2)19(3)14-20)27(31)30(28(26)32)22-15-23(33-4)17-24(16-22)34-5/h7-17H,6H2,1-5H3. The van der Waals surface area contributed by atoms with E-state index in [1.54, 1.807) is 18.2 Å². The Morgan fingerprint density at radius 2 is 1.44 bits per heavy atom. The SMILES string of the molecule is CCN(C1=C(c2ccc(C)c(C)c2)C(=O)N(c2cc(OC)cc(OC)c2)C1=O)c1ccccc1. The quantitative estimate of drug-likeness (QED) is 0.461. The Morgan fingerprint density at radius 3 is 2.00 bits per heavy atom. The van der Waals surface area contributed by atoms with Crippen LogP contribution in [-0.2, 0) is 9.59 Å². The predicted octanol–water partition coefficient (Wildman–Crippen LogP) is 5.13. The molecule has 0 spiro atoms. The zero-order valence-electron chi connectivity index (χ0n) is 20.1. The highest BCUT2D eigenvalue weighted by atomic mass is 16.5. The van der Waals surface area contributed by atoms with Crippen molar-refractivity contribution >= 4 is 28.8 Å². The summed E-state index contributed by atoms with van der Waals surface area (Å²) in [6.45, 7) is 6.50. The van der Waals surface area contributed by atoms with E-state index in [0.717, 1.165) is 16.8 Å². The number of hydrogen-bond acceptors (Lipinski definition) is 5. The second-order valence-corrected chi connectivity index (χ2v) is 8.12. The Kier molecular flexibility index (Phi) is 6.41. The molecule has 4 rings (SSSR count). The number of anilines is 2. The number of imide groups is 1. The molecule has 3 aromatic carbocycles. The minimum Gasteiger partial charge on any atom is -0.497 e. The van der Waals surface area contributed by atoms with Crippen LogP contribution in [0.2, 0.25) is 0 Å². The number of carbonyl (C=O) groups is 2. The van der Waals surface area contributed by atoms with Crippen LogP contribution in [0, 0.1) is 13.8 Å². The van der Waals surface area contributed by atoms with Crippen molar-refractivity contribution in [1.29, 1.82) is 0 Å².